The van der Waals surface area contributed by atoms with Crippen LogP contribution in [0.3, 0.4) is 0 Å². The Balaban J connectivity index is 2.83. The van der Waals surface area contributed by atoms with E-state index in [1.165, 1.54) is 18.2 Å². The zero-order valence-corrected chi connectivity index (χ0v) is 8.26. The third-order valence-corrected chi connectivity index (χ3v) is 1.86. The van der Waals surface area contributed by atoms with Gasteiger partial charge in [-0.2, -0.15) is 0 Å². The van der Waals surface area contributed by atoms with Crippen molar-refractivity contribution in [3.05, 3.63) is 34.9 Å². The van der Waals surface area contributed by atoms with Crippen molar-refractivity contribution in [2.75, 3.05) is 7.11 Å². The van der Waals surface area contributed by atoms with Crippen LogP contribution in [0.4, 0.5) is 0 Å². The molecule has 0 aliphatic rings. The van der Waals surface area contributed by atoms with Gasteiger partial charge in [0, 0.05) is 0 Å². The lowest BCUT2D eigenvalue weighted by molar-refractivity contribution is -0.139. The third kappa shape index (κ3) is 2.90. The molecular weight excluding hydrogens is 164 g/mol. The van der Waals surface area contributed by atoms with Crippen molar-refractivity contribution >= 4 is 5.97 Å². The molecule has 0 aromatic heterocycles. The highest BCUT2D eigenvalue weighted by Crippen LogP contribution is 2.09. The quantitative estimate of drug-likeness (QED) is 0.647. The summed E-state index contributed by atoms with van der Waals surface area (Å²) in [4.78, 5) is 11.0. The summed E-state index contributed by atoms with van der Waals surface area (Å²) >= 11 is 0. The van der Waals surface area contributed by atoms with Crippen molar-refractivity contribution in [1.82, 2.24) is 0 Å². The number of hydrogen-bond acceptors (Lipinski definition) is 2. The standard InChI is InChI=1S/C11H14O2/c1-8-4-9(2)6-10(5-8)7-11(12)13-3/h4-6H,7H2,1-3H3. The van der Waals surface area contributed by atoms with Crippen molar-refractivity contribution in [1.29, 1.82) is 0 Å². The first-order valence-corrected chi connectivity index (χ1v) is 4.26. The molecule has 0 aliphatic carbocycles. The summed E-state index contributed by atoms with van der Waals surface area (Å²) in [6.45, 7) is 4.04. The molecule has 2 heteroatoms. The van der Waals surface area contributed by atoms with Crippen LogP contribution in [0.25, 0.3) is 0 Å². The summed E-state index contributed by atoms with van der Waals surface area (Å²) in [6, 6.07) is 6.09. The fourth-order valence-electron chi connectivity index (χ4n) is 1.41. The normalized spacial score (nSPS) is 9.77. The van der Waals surface area contributed by atoms with E-state index < -0.39 is 0 Å². The van der Waals surface area contributed by atoms with Crippen LogP contribution in [0.5, 0.6) is 0 Å². The SMILES string of the molecule is COC(=O)Cc1cc(C)cc(C)c1. The van der Waals surface area contributed by atoms with E-state index in [1.54, 1.807) is 0 Å². The number of benzene rings is 1. The largest absolute Gasteiger partial charge is 0.469 e. The predicted octanol–water partition coefficient (Wildman–Crippen LogP) is 2.02. The first-order valence-electron chi connectivity index (χ1n) is 4.26. The molecule has 2 nitrogen and oxygen atoms in total. The van der Waals surface area contributed by atoms with E-state index in [9.17, 15) is 4.79 Å². The first kappa shape index (κ1) is 9.78. The second-order valence-corrected chi connectivity index (χ2v) is 3.25. The van der Waals surface area contributed by atoms with Gasteiger partial charge in [-0.3, -0.25) is 4.79 Å². The number of methoxy groups -OCH3 is 1. The van der Waals surface area contributed by atoms with E-state index in [-0.39, 0.29) is 5.97 Å². The molecule has 0 fully saturated rings. The monoisotopic (exact) mass is 178 g/mol. The number of carbonyl (C=O) groups excluding carboxylic acids is 1. The van der Waals surface area contributed by atoms with Gasteiger partial charge in [-0.1, -0.05) is 29.3 Å². The fourth-order valence-corrected chi connectivity index (χ4v) is 1.41. The molecule has 0 radical (unpaired) electrons. The second-order valence-electron chi connectivity index (χ2n) is 3.25. The van der Waals surface area contributed by atoms with Crippen LogP contribution in [0.15, 0.2) is 18.2 Å². The van der Waals surface area contributed by atoms with Gasteiger partial charge in [-0.15, -0.1) is 0 Å². The van der Waals surface area contributed by atoms with Gasteiger partial charge >= 0.3 is 5.97 Å². The zero-order chi connectivity index (χ0) is 9.84. The lowest BCUT2D eigenvalue weighted by Gasteiger charge is -2.03. The number of aryl methyl sites for hydroxylation is 2. The number of ether oxygens (including phenoxy) is 1. The maximum atomic E-state index is 11.0. The van der Waals surface area contributed by atoms with Crippen molar-refractivity contribution in [2.45, 2.75) is 20.3 Å². The minimum absolute atomic E-state index is 0.190. The molecule has 0 bridgehead atoms. The molecule has 13 heavy (non-hydrogen) atoms. The van der Waals surface area contributed by atoms with Crippen LogP contribution < -0.4 is 0 Å². The molecule has 0 saturated heterocycles. The Morgan fingerprint density at radius 3 is 2.23 bits per heavy atom. The summed E-state index contributed by atoms with van der Waals surface area (Å²) in [5.74, 6) is -0.190. The second kappa shape index (κ2) is 4.08. The van der Waals surface area contributed by atoms with Crippen molar-refractivity contribution < 1.29 is 9.53 Å². The summed E-state index contributed by atoms with van der Waals surface area (Å²) < 4.78 is 4.59. The van der Waals surface area contributed by atoms with Crippen LogP contribution in [-0.2, 0) is 16.0 Å². The van der Waals surface area contributed by atoms with Gasteiger partial charge in [-0.05, 0) is 19.4 Å². The zero-order valence-electron chi connectivity index (χ0n) is 8.26. The van der Waals surface area contributed by atoms with Gasteiger partial charge in [-0.25, -0.2) is 0 Å². The van der Waals surface area contributed by atoms with Gasteiger partial charge in [0.2, 0.25) is 0 Å². The van der Waals surface area contributed by atoms with Gasteiger partial charge < -0.3 is 4.74 Å². The van der Waals surface area contributed by atoms with E-state index in [0.29, 0.717) is 6.42 Å². The van der Waals surface area contributed by atoms with E-state index in [2.05, 4.69) is 10.8 Å². The summed E-state index contributed by atoms with van der Waals surface area (Å²) in [7, 11) is 1.41. The Morgan fingerprint density at radius 2 is 1.77 bits per heavy atom. The highest BCUT2D eigenvalue weighted by atomic mass is 16.5. The average molecular weight is 178 g/mol. The van der Waals surface area contributed by atoms with Crippen molar-refractivity contribution in [3.63, 3.8) is 0 Å². The molecule has 0 heterocycles. The van der Waals surface area contributed by atoms with Gasteiger partial charge in [0.1, 0.15) is 0 Å². The van der Waals surface area contributed by atoms with Crippen LogP contribution in [0.2, 0.25) is 0 Å². The molecule has 0 amide bonds. The van der Waals surface area contributed by atoms with E-state index in [1.807, 2.05) is 26.0 Å². The van der Waals surface area contributed by atoms with E-state index in [0.717, 1.165) is 5.56 Å². The average Bonchev–Trinajstić information content (AvgIpc) is 2.02. The smallest absolute Gasteiger partial charge is 0.309 e. The minimum Gasteiger partial charge on any atom is -0.469 e. The third-order valence-electron chi connectivity index (χ3n) is 1.86. The summed E-state index contributed by atoms with van der Waals surface area (Å²) in [5, 5.41) is 0. The van der Waals surface area contributed by atoms with Crippen LogP contribution in [0.1, 0.15) is 16.7 Å². The molecule has 0 aliphatic heterocycles. The molecule has 70 valence electrons. The fraction of sp³-hybridized carbons (Fsp3) is 0.364. The molecule has 0 N–H and O–H groups in total. The summed E-state index contributed by atoms with van der Waals surface area (Å²) in [5.41, 5.74) is 3.38. The molecule has 0 atom stereocenters. The Hall–Kier alpha value is -1.31. The van der Waals surface area contributed by atoms with Crippen molar-refractivity contribution in [3.8, 4) is 0 Å². The van der Waals surface area contributed by atoms with Crippen LogP contribution in [-0.4, -0.2) is 13.1 Å². The maximum absolute atomic E-state index is 11.0. The Kier molecular flexibility index (Phi) is 3.07. The Labute approximate surface area is 78.5 Å². The summed E-state index contributed by atoms with van der Waals surface area (Å²) in [6.07, 6.45) is 0.360. The number of hydrogen-bond donors (Lipinski definition) is 0. The maximum Gasteiger partial charge on any atom is 0.309 e. The van der Waals surface area contributed by atoms with Gasteiger partial charge in [0.15, 0.2) is 0 Å². The highest BCUT2D eigenvalue weighted by Gasteiger charge is 2.03. The number of esters is 1. The molecule has 1 aromatic rings. The molecule has 1 rings (SSSR count). The minimum atomic E-state index is -0.190. The highest BCUT2D eigenvalue weighted by molar-refractivity contribution is 5.72. The predicted molar refractivity (Wildman–Crippen MR) is 51.6 cm³/mol. The van der Waals surface area contributed by atoms with Gasteiger partial charge in [0.25, 0.3) is 0 Å². The van der Waals surface area contributed by atoms with Crippen LogP contribution >= 0.6 is 0 Å². The first-order chi connectivity index (χ1) is 6.11. The molecule has 0 unspecified atom stereocenters. The Morgan fingerprint density at radius 1 is 1.23 bits per heavy atom. The van der Waals surface area contributed by atoms with E-state index >= 15 is 0 Å². The topological polar surface area (TPSA) is 26.3 Å². The van der Waals surface area contributed by atoms with Crippen LogP contribution in [0, 0.1) is 13.8 Å². The Bertz CT molecular complexity index is 296. The number of carbonyl (C=O) groups is 1. The molecule has 1 aromatic carbocycles. The molecular formula is C11H14O2. The lowest BCUT2D eigenvalue weighted by Crippen LogP contribution is -2.04. The van der Waals surface area contributed by atoms with E-state index in [4.69, 9.17) is 0 Å². The van der Waals surface area contributed by atoms with Gasteiger partial charge in [0.05, 0.1) is 13.5 Å². The molecule has 0 spiro atoms. The molecule has 0 saturated carbocycles. The van der Waals surface area contributed by atoms with Crippen molar-refractivity contribution in [2.24, 2.45) is 0 Å². The number of rotatable bonds is 2. The lowest BCUT2D eigenvalue weighted by atomic mass is 10.1.